The molecule has 0 bridgehead atoms. The van der Waals surface area contributed by atoms with E-state index in [0.717, 1.165) is 50.7 Å². The molecule has 0 radical (unpaired) electrons. The van der Waals surface area contributed by atoms with Crippen LogP contribution in [0.5, 0.6) is 0 Å². The first-order valence-electron chi connectivity index (χ1n) is 10.1. The van der Waals surface area contributed by atoms with Gasteiger partial charge in [-0.15, -0.1) is 0 Å². The predicted molar refractivity (Wildman–Crippen MR) is 111 cm³/mol. The summed E-state index contributed by atoms with van der Waals surface area (Å²) in [5.74, 6) is -1.80. The van der Waals surface area contributed by atoms with Crippen molar-refractivity contribution < 1.29 is 24.3 Å². The number of unbranched alkanes of at least 4 members (excludes halogenated alkanes) is 4. The Hall–Kier alpha value is -2.44. The first kappa shape index (κ1) is 27.8. The summed E-state index contributed by atoms with van der Waals surface area (Å²) in [5.41, 5.74) is 0. The molecule has 3 amide bonds. The highest BCUT2D eigenvalue weighted by Gasteiger charge is 2.21. The molecule has 7 heteroatoms. The maximum Gasteiger partial charge on any atom is 0.328 e. The SMILES string of the molecule is CCC.CCCCCN1C(=O)C=CC1=O.CCCCCNC(=O)/C=C\C(=O)O. The van der Waals surface area contributed by atoms with Crippen molar-refractivity contribution in [2.75, 3.05) is 13.1 Å². The van der Waals surface area contributed by atoms with Crippen LogP contribution >= 0.6 is 0 Å². The lowest BCUT2D eigenvalue weighted by atomic mass is 10.2. The normalized spacial score (nSPS) is 12.4. The van der Waals surface area contributed by atoms with Gasteiger partial charge in [-0.05, 0) is 12.8 Å². The van der Waals surface area contributed by atoms with E-state index < -0.39 is 5.97 Å². The Kier molecular flexibility index (Phi) is 19.2. The fourth-order valence-corrected chi connectivity index (χ4v) is 1.96. The van der Waals surface area contributed by atoms with E-state index in [1.807, 2.05) is 0 Å². The van der Waals surface area contributed by atoms with E-state index in [1.54, 1.807) is 0 Å². The summed E-state index contributed by atoms with van der Waals surface area (Å²) in [5, 5.41) is 10.8. The van der Waals surface area contributed by atoms with Crippen LogP contribution in [0, 0.1) is 0 Å². The molecule has 2 N–H and O–H groups in total. The van der Waals surface area contributed by atoms with Crippen LogP contribution in [0.25, 0.3) is 0 Å². The molecule has 0 saturated heterocycles. The van der Waals surface area contributed by atoms with Crippen molar-refractivity contribution in [3.8, 4) is 0 Å². The van der Waals surface area contributed by atoms with E-state index in [2.05, 4.69) is 33.0 Å². The standard InChI is InChI=1S/C9H15NO3.C9H13NO2.C3H8/c1-2-3-4-7-10-8(11)5-6-9(12)13;1-2-3-4-7-10-8(11)5-6-9(10)12;1-3-2/h5-6H,2-4,7H2,1H3,(H,10,11)(H,12,13);5-6H,2-4,7H2,1H3;3H2,1-2H3/b6-5-;;. The first-order chi connectivity index (χ1) is 13.3. The third-order valence-electron chi connectivity index (χ3n) is 3.34. The fraction of sp³-hybridized carbons (Fsp3) is 0.619. The van der Waals surface area contributed by atoms with Crippen LogP contribution in [0.3, 0.4) is 0 Å². The monoisotopic (exact) mass is 396 g/mol. The van der Waals surface area contributed by atoms with Crippen LogP contribution in [0.1, 0.15) is 72.6 Å². The maximum absolute atomic E-state index is 11.0. The number of amides is 3. The molecule has 0 unspecified atom stereocenters. The van der Waals surface area contributed by atoms with Gasteiger partial charge in [0.1, 0.15) is 0 Å². The molecule has 0 aromatic rings. The Bertz CT molecular complexity index is 509. The molecule has 0 spiro atoms. The summed E-state index contributed by atoms with van der Waals surface area (Å²) in [4.78, 5) is 44.1. The van der Waals surface area contributed by atoms with Crippen molar-refractivity contribution in [1.82, 2.24) is 10.2 Å². The van der Waals surface area contributed by atoms with Crippen molar-refractivity contribution in [3.63, 3.8) is 0 Å². The van der Waals surface area contributed by atoms with Crippen molar-refractivity contribution in [3.05, 3.63) is 24.3 Å². The highest BCUT2D eigenvalue weighted by atomic mass is 16.4. The number of carbonyl (C=O) groups excluding carboxylic acids is 3. The second-order valence-electron chi connectivity index (χ2n) is 6.25. The van der Waals surface area contributed by atoms with E-state index in [4.69, 9.17) is 5.11 Å². The van der Waals surface area contributed by atoms with Gasteiger partial charge >= 0.3 is 5.97 Å². The number of carboxylic acids is 1. The van der Waals surface area contributed by atoms with E-state index in [0.29, 0.717) is 13.1 Å². The fourth-order valence-electron chi connectivity index (χ4n) is 1.96. The number of imide groups is 1. The van der Waals surface area contributed by atoms with Crippen molar-refractivity contribution >= 4 is 23.7 Å². The maximum atomic E-state index is 11.0. The van der Waals surface area contributed by atoms with Crippen LogP contribution in [0.2, 0.25) is 0 Å². The number of aliphatic carboxylic acids is 1. The van der Waals surface area contributed by atoms with Crippen molar-refractivity contribution in [2.24, 2.45) is 0 Å². The van der Waals surface area contributed by atoms with Crippen LogP contribution in [-0.4, -0.2) is 46.8 Å². The third-order valence-corrected chi connectivity index (χ3v) is 3.34. The molecule has 0 atom stereocenters. The lowest BCUT2D eigenvalue weighted by Gasteiger charge is -2.12. The average Bonchev–Trinajstić information content (AvgIpc) is 2.97. The van der Waals surface area contributed by atoms with Gasteiger partial charge in [-0.25, -0.2) is 4.79 Å². The second-order valence-corrected chi connectivity index (χ2v) is 6.25. The van der Waals surface area contributed by atoms with E-state index in [-0.39, 0.29) is 17.7 Å². The van der Waals surface area contributed by atoms with Gasteiger partial charge in [0.05, 0.1) is 0 Å². The Morgan fingerprint density at radius 3 is 1.89 bits per heavy atom. The summed E-state index contributed by atoms with van der Waals surface area (Å²) in [7, 11) is 0. The quantitative estimate of drug-likeness (QED) is 0.334. The number of carbonyl (C=O) groups is 4. The molecule has 160 valence electrons. The van der Waals surface area contributed by atoms with E-state index in [9.17, 15) is 19.2 Å². The summed E-state index contributed by atoms with van der Waals surface area (Å²) in [6, 6.07) is 0. The smallest absolute Gasteiger partial charge is 0.328 e. The number of nitrogens with one attached hydrogen (secondary N) is 1. The van der Waals surface area contributed by atoms with Crippen LogP contribution < -0.4 is 5.32 Å². The molecule has 0 fully saturated rings. The second kappa shape index (κ2) is 19.3. The third kappa shape index (κ3) is 17.0. The Labute approximate surface area is 168 Å². The van der Waals surface area contributed by atoms with Gasteiger partial charge in [0.2, 0.25) is 5.91 Å². The number of nitrogens with zero attached hydrogens (tertiary/aromatic N) is 1. The van der Waals surface area contributed by atoms with Gasteiger partial charge in [-0.1, -0.05) is 59.8 Å². The zero-order valence-corrected chi connectivity index (χ0v) is 17.7. The van der Waals surface area contributed by atoms with Gasteiger partial charge < -0.3 is 10.4 Å². The van der Waals surface area contributed by atoms with E-state index in [1.165, 1.54) is 23.5 Å². The minimum atomic E-state index is -1.11. The zero-order valence-electron chi connectivity index (χ0n) is 17.7. The van der Waals surface area contributed by atoms with Crippen LogP contribution in [-0.2, 0) is 19.2 Å². The number of hydrogen-bond acceptors (Lipinski definition) is 4. The first-order valence-corrected chi connectivity index (χ1v) is 10.1. The molecule has 28 heavy (non-hydrogen) atoms. The number of carboxylic acid groups (broad SMARTS) is 1. The van der Waals surface area contributed by atoms with Crippen molar-refractivity contribution in [1.29, 1.82) is 0 Å². The topological polar surface area (TPSA) is 104 Å². The molecule has 0 aromatic carbocycles. The summed E-state index contributed by atoms with van der Waals surface area (Å²) in [6.07, 6.45) is 11.9. The molecule has 1 aliphatic heterocycles. The van der Waals surface area contributed by atoms with Crippen LogP contribution in [0.4, 0.5) is 0 Å². The molecule has 0 aromatic heterocycles. The summed E-state index contributed by atoms with van der Waals surface area (Å²) >= 11 is 0. The van der Waals surface area contributed by atoms with Gasteiger partial charge in [0, 0.05) is 37.4 Å². The number of rotatable bonds is 10. The zero-order chi connectivity index (χ0) is 21.8. The van der Waals surface area contributed by atoms with E-state index >= 15 is 0 Å². The molecule has 0 saturated carbocycles. The molecule has 1 heterocycles. The lowest BCUT2D eigenvalue weighted by molar-refractivity contribution is -0.137. The highest BCUT2D eigenvalue weighted by molar-refractivity contribution is 6.12. The molecule has 0 aliphatic carbocycles. The number of hydrogen-bond donors (Lipinski definition) is 2. The predicted octanol–water partition coefficient (Wildman–Crippen LogP) is 3.45. The molecular weight excluding hydrogens is 360 g/mol. The minimum Gasteiger partial charge on any atom is -0.478 e. The van der Waals surface area contributed by atoms with Crippen LogP contribution in [0.15, 0.2) is 24.3 Å². The van der Waals surface area contributed by atoms with Gasteiger partial charge in [-0.2, -0.15) is 0 Å². The Balaban J connectivity index is 0. The van der Waals surface area contributed by atoms with Gasteiger partial charge in [0.15, 0.2) is 0 Å². The Morgan fingerprint density at radius 1 is 0.929 bits per heavy atom. The molecule has 7 nitrogen and oxygen atoms in total. The van der Waals surface area contributed by atoms with Crippen molar-refractivity contribution in [2.45, 2.75) is 72.6 Å². The highest BCUT2D eigenvalue weighted by Crippen LogP contribution is 2.05. The molecule has 1 aliphatic rings. The van der Waals surface area contributed by atoms with Gasteiger partial charge in [0.25, 0.3) is 11.8 Å². The Morgan fingerprint density at radius 2 is 1.43 bits per heavy atom. The molecule has 1 rings (SSSR count). The summed E-state index contributed by atoms with van der Waals surface area (Å²) < 4.78 is 0. The summed E-state index contributed by atoms with van der Waals surface area (Å²) in [6.45, 7) is 9.59. The largest absolute Gasteiger partial charge is 0.478 e. The minimum absolute atomic E-state index is 0.170. The average molecular weight is 397 g/mol. The molecular formula is C21H36N2O5. The lowest BCUT2D eigenvalue weighted by Crippen LogP contribution is -2.30. The van der Waals surface area contributed by atoms with Gasteiger partial charge in [-0.3, -0.25) is 19.3 Å².